The van der Waals surface area contributed by atoms with E-state index in [0.717, 1.165) is 23.1 Å². The molecule has 0 aliphatic rings. The highest BCUT2D eigenvalue weighted by Crippen LogP contribution is 2.34. The number of nitrogens with one attached hydrogen (secondary N) is 1. The molecule has 0 atom stereocenters. The number of nitrogens with two attached hydrogens (primary N) is 1. The van der Waals surface area contributed by atoms with Crippen LogP contribution >= 0.6 is 34.7 Å². The highest BCUT2D eigenvalue weighted by atomic mass is 35.5. The minimum atomic E-state index is -0.710. The van der Waals surface area contributed by atoms with E-state index in [2.05, 4.69) is 22.1 Å². The van der Waals surface area contributed by atoms with Crippen LogP contribution in [0.3, 0.4) is 0 Å². The molecule has 3 N–H and O–H groups in total. The Bertz CT molecular complexity index is 1340. The molecule has 196 valence electrons. The molecular formula is C23H23ClFN5O5S2. The monoisotopic (exact) mass is 567 g/mol. The molecule has 0 saturated heterocycles. The maximum Gasteiger partial charge on any atom is 0.341 e. The summed E-state index contributed by atoms with van der Waals surface area (Å²) in [7, 11) is 0. The molecule has 3 rings (SSSR count). The molecule has 2 heterocycles. The SMILES string of the molecule is C=CCn1c(COc2ccc(F)c(Cl)c2)nnc1SCC(=O)Nc1sc(C(N)=O)c(C)c1C(=O)OCC. The predicted molar refractivity (Wildman–Crippen MR) is 139 cm³/mol. The van der Waals surface area contributed by atoms with E-state index in [0.29, 0.717) is 28.8 Å². The molecule has 1 aromatic carbocycles. The predicted octanol–water partition coefficient (Wildman–Crippen LogP) is 4.21. The molecule has 0 aliphatic carbocycles. The number of amides is 2. The van der Waals surface area contributed by atoms with Gasteiger partial charge >= 0.3 is 5.97 Å². The number of nitrogens with zero attached hydrogens (tertiary/aromatic N) is 3. The number of carbonyl (C=O) groups excluding carboxylic acids is 3. The Morgan fingerprint density at radius 1 is 1.35 bits per heavy atom. The summed E-state index contributed by atoms with van der Waals surface area (Å²) in [5.41, 5.74) is 5.84. The largest absolute Gasteiger partial charge is 0.486 e. The summed E-state index contributed by atoms with van der Waals surface area (Å²) >= 11 is 7.80. The number of benzene rings is 1. The first kappa shape index (κ1) is 28.2. The van der Waals surface area contributed by atoms with Gasteiger partial charge in [-0.05, 0) is 31.5 Å². The van der Waals surface area contributed by atoms with Crippen LogP contribution in [0.4, 0.5) is 9.39 Å². The number of ether oxygens (including phenoxy) is 2. The smallest absolute Gasteiger partial charge is 0.341 e. The van der Waals surface area contributed by atoms with Gasteiger partial charge in [-0.2, -0.15) is 0 Å². The average Bonchev–Trinajstić information content (AvgIpc) is 3.39. The van der Waals surface area contributed by atoms with Gasteiger partial charge in [0.15, 0.2) is 11.0 Å². The summed E-state index contributed by atoms with van der Waals surface area (Å²) in [6, 6.07) is 3.99. The molecule has 2 amide bonds. The summed E-state index contributed by atoms with van der Waals surface area (Å²) in [4.78, 5) is 37.0. The number of hydrogen-bond acceptors (Lipinski definition) is 9. The fraction of sp³-hybridized carbons (Fsp3) is 0.261. The Balaban J connectivity index is 1.70. The van der Waals surface area contributed by atoms with Gasteiger partial charge < -0.3 is 20.5 Å². The standard InChI is InChI=1S/C23H23ClFN5O5S2/c1-4-8-30-16(10-35-13-6-7-15(25)14(24)9-13)28-29-23(30)36-11-17(31)27-21-18(22(33)34-5-2)12(3)19(37-21)20(26)32/h4,6-7,9H,1,5,8,10-11H2,2-3H3,(H2,26,32)(H,27,31). The molecule has 0 saturated carbocycles. The lowest BCUT2D eigenvalue weighted by Gasteiger charge is -2.10. The Labute approximate surface area is 225 Å². The Morgan fingerprint density at radius 2 is 2.11 bits per heavy atom. The zero-order valence-electron chi connectivity index (χ0n) is 19.9. The lowest BCUT2D eigenvalue weighted by atomic mass is 10.1. The third-order valence-electron chi connectivity index (χ3n) is 4.80. The van der Waals surface area contributed by atoms with Crippen molar-refractivity contribution in [3.8, 4) is 5.75 Å². The van der Waals surface area contributed by atoms with Crippen molar-refractivity contribution in [1.82, 2.24) is 14.8 Å². The first-order valence-corrected chi connectivity index (χ1v) is 13.0. The van der Waals surface area contributed by atoms with Crippen LogP contribution in [0.25, 0.3) is 0 Å². The molecule has 0 fully saturated rings. The van der Waals surface area contributed by atoms with Crippen LogP contribution in [0.1, 0.15) is 38.3 Å². The fourth-order valence-corrected chi connectivity index (χ4v) is 5.14. The lowest BCUT2D eigenvalue weighted by Crippen LogP contribution is -2.17. The minimum Gasteiger partial charge on any atom is -0.486 e. The summed E-state index contributed by atoms with van der Waals surface area (Å²) in [5.74, 6) is -1.64. The molecule has 0 unspecified atom stereocenters. The van der Waals surface area contributed by atoms with E-state index < -0.39 is 23.6 Å². The molecule has 37 heavy (non-hydrogen) atoms. The zero-order chi connectivity index (χ0) is 27.1. The van der Waals surface area contributed by atoms with Gasteiger partial charge in [-0.25, -0.2) is 9.18 Å². The van der Waals surface area contributed by atoms with Crippen molar-refractivity contribution >= 4 is 57.5 Å². The molecule has 0 spiro atoms. The van der Waals surface area contributed by atoms with Crippen molar-refractivity contribution in [3.63, 3.8) is 0 Å². The van der Waals surface area contributed by atoms with Crippen molar-refractivity contribution < 1.29 is 28.2 Å². The summed E-state index contributed by atoms with van der Waals surface area (Å²) in [6.45, 7) is 7.43. The van der Waals surface area contributed by atoms with Crippen LogP contribution in [0.2, 0.25) is 5.02 Å². The number of primary amides is 1. The van der Waals surface area contributed by atoms with E-state index in [1.165, 1.54) is 18.2 Å². The van der Waals surface area contributed by atoms with Gasteiger partial charge in [-0.15, -0.1) is 28.1 Å². The maximum atomic E-state index is 13.4. The van der Waals surface area contributed by atoms with Crippen LogP contribution in [0.5, 0.6) is 5.75 Å². The molecular weight excluding hydrogens is 545 g/mol. The first-order valence-electron chi connectivity index (χ1n) is 10.8. The van der Waals surface area contributed by atoms with Crippen molar-refractivity contribution in [2.45, 2.75) is 32.2 Å². The van der Waals surface area contributed by atoms with Gasteiger partial charge in [0.1, 0.15) is 23.2 Å². The Hall–Kier alpha value is -3.42. The topological polar surface area (TPSA) is 138 Å². The number of rotatable bonds is 12. The highest BCUT2D eigenvalue weighted by molar-refractivity contribution is 7.99. The second-order valence-corrected chi connectivity index (χ2v) is 9.71. The number of hydrogen-bond donors (Lipinski definition) is 2. The van der Waals surface area contributed by atoms with Crippen LogP contribution in [0.15, 0.2) is 36.0 Å². The summed E-state index contributed by atoms with van der Waals surface area (Å²) in [6.07, 6.45) is 1.64. The number of thioether (sulfide) groups is 1. The number of anilines is 1. The third-order valence-corrected chi connectivity index (χ3v) is 7.28. The quantitative estimate of drug-likeness (QED) is 0.188. The van der Waals surface area contributed by atoms with Crippen LogP contribution in [-0.4, -0.2) is 44.9 Å². The van der Waals surface area contributed by atoms with Crippen LogP contribution < -0.4 is 15.8 Å². The number of aromatic nitrogens is 3. The Morgan fingerprint density at radius 3 is 2.76 bits per heavy atom. The van der Waals surface area contributed by atoms with E-state index in [1.807, 2.05) is 0 Å². The maximum absolute atomic E-state index is 13.4. The van der Waals surface area contributed by atoms with E-state index in [1.54, 1.807) is 24.5 Å². The molecule has 0 aliphatic heterocycles. The van der Waals surface area contributed by atoms with Gasteiger partial charge in [0.2, 0.25) is 5.91 Å². The number of halogens is 2. The first-order chi connectivity index (χ1) is 17.7. The zero-order valence-corrected chi connectivity index (χ0v) is 22.3. The number of esters is 1. The summed E-state index contributed by atoms with van der Waals surface area (Å²) < 4.78 is 25.8. The van der Waals surface area contributed by atoms with E-state index in [4.69, 9.17) is 26.8 Å². The molecule has 0 bridgehead atoms. The second-order valence-electron chi connectivity index (χ2n) is 7.34. The molecule has 3 aromatic rings. The van der Waals surface area contributed by atoms with E-state index >= 15 is 0 Å². The minimum absolute atomic E-state index is 0.0167. The lowest BCUT2D eigenvalue weighted by molar-refractivity contribution is -0.113. The Kier molecular flexibility index (Phi) is 9.66. The van der Waals surface area contributed by atoms with Crippen molar-refractivity contribution in [3.05, 3.63) is 63.5 Å². The normalized spacial score (nSPS) is 10.7. The fourth-order valence-electron chi connectivity index (χ4n) is 3.14. The summed E-state index contributed by atoms with van der Waals surface area (Å²) in [5, 5.41) is 11.4. The van der Waals surface area contributed by atoms with E-state index in [9.17, 15) is 18.8 Å². The van der Waals surface area contributed by atoms with Crippen molar-refractivity contribution in [2.75, 3.05) is 17.7 Å². The van der Waals surface area contributed by atoms with Crippen LogP contribution in [0, 0.1) is 12.7 Å². The van der Waals surface area contributed by atoms with E-state index in [-0.39, 0.29) is 39.4 Å². The van der Waals surface area contributed by atoms with Gasteiger partial charge in [0.05, 0.1) is 27.8 Å². The van der Waals surface area contributed by atoms with Crippen LogP contribution in [-0.2, 0) is 22.7 Å². The molecule has 10 nitrogen and oxygen atoms in total. The molecule has 14 heteroatoms. The van der Waals surface area contributed by atoms with Crippen molar-refractivity contribution in [1.29, 1.82) is 0 Å². The van der Waals surface area contributed by atoms with Crippen molar-refractivity contribution in [2.24, 2.45) is 5.73 Å². The molecule has 2 aromatic heterocycles. The number of carbonyl (C=O) groups is 3. The number of thiophene rings is 1. The molecule has 0 radical (unpaired) electrons. The van der Waals surface area contributed by atoms with Gasteiger partial charge in [0, 0.05) is 12.6 Å². The number of allylic oxidation sites excluding steroid dienone is 1. The highest BCUT2D eigenvalue weighted by Gasteiger charge is 2.26. The van der Waals surface area contributed by atoms with Gasteiger partial charge in [-0.1, -0.05) is 29.4 Å². The van der Waals surface area contributed by atoms with Gasteiger partial charge in [-0.3, -0.25) is 14.2 Å². The third kappa shape index (κ3) is 6.87. The van der Waals surface area contributed by atoms with Gasteiger partial charge in [0.25, 0.3) is 5.91 Å². The average molecular weight is 568 g/mol. The second kappa shape index (κ2) is 12.7.